The lowest BCUT2D eigenvalue weighted by Crippen LogP contribution is -2.16. The van der Waals surface area contributed by atoms with E-state index >= 15 is 0 Å². The Hall–Kier alpha value is -4.53. The number of methoxy groups -OCH3 is 3. The summed E-state index contributed by atoms with van der Waals surface area (Å²) in [5.41, 5.74) is 2.07. The van der Waals surface area contributed by atoms with Crippen molar-refractivity contribution < 1.29 is 28.5 Å². The van der Waals surface area contributed by atoms with E-state index in [2.05, 4.69) is 15.3 Å². The van der Waals surface area contributed by atoms with Gasteiger partial charge in [0.05, 0.1) is 32.2 Å². The Morgan fingerprint density at radius 1 is 0.829 bits per heavy atom. The molecule has 0 fully saturated rings. The van der Waals surface area contributed by atoms with Gasteiger partial charge in [-0.25, -0.2) is 14.8 Å². The van der Waals surface area contributed by atoms with Crippen molar-refractivity contribution in [1.29, 1.82) is 0 Å². The van der Waals surface area contributed by atoms with Crippen LogP contribution in [0.4, 0.5) is 10.5 Å². The van der Waals surface area contributed by atoms with E-state index in [1.165, 1.54) is 6.33 Å². The van der Waals surface area contributed by atoms with E-state index in [0.29, 0.717) is 39.7 Å². The van der Waals surface area contributed by atoms with Crippen LogP contribution in [-0.4, -0.2) is 37.4 Å². The normalized spacial score (nSPS) is 11.4. The molecular weight excluding hydrogens is 450 g/mol. The minimum Gasteiger partial charge on any atom is -0.497 e. The Bertz CT molecular complexity index is 1310. The van der Waals surface area contributed by atoms with Crippen LogP contribution in [0.3, 0.4) is 0 Å². The minimum atomic E-state index is -0.565. The largest absolute Gasteiger partial charge is 0.497 e. The monoisotopic (exact) mass is 475 g/mol. The number of nitrogens with one attached hydrogen (secondary N) is 1. The van der Waals surface area contributed by atoms with Gasteiger partial charge in [-0.1, -0.05) is 12.1 Å². The first kappa shape index (κ1) is 23.6. The minimum absolute atomic E-state index is 0.365. The number of rotatable bonds is 8. The number of fused-ring (bicyclic) bond motifs is 1. The van der Waals surface area contributed by atoms with Crippen LogP contribution in [0.1, 0.15) is 18.6 Å². The molecule has 0 aliphatic carbocycles. The van der Waals surface area contributed by atoms with Gasteiger partial charge in [0.15, 0.2) is 11.5 Å². The van der Waals surface area contributed by atoms with E-state index in [0.717, 1.165) is 11.3 Å². The number of hydrogen-bond donors (Lipinski definition) is 1. The first-order valence-electron chi connectivity index (χ1n) is 10.8. The molecule has 4 aromatic rings. The van der Waals surface area contributed by atoms with Gasteiger partial charge in [-0.05, 0) is 55.0 Å². The maximum atomic E-state index is 12.3. The molecule has 1 N–H and O–H groups in total. The molecule has 1 unspecified atom stereocenters. The van der Waals surface area contributed by atoms with Crippen LogP contribution in [0.15, 0.2) is 67.0 Å². The fourth-order valence-electron chi connectivity index (χ4n) is 3.41. The molecule has 0 spiro atoms. The number of amides is 1. The third kappa shape index (κ3) is 5.52. The van der Waals surface area contributed by atoms with Crippen molar-refractivity contribution in [2.75, 3.05) is 26.6 Å². The smallest absolute Gasteiger partial charge is 0.412 e. The highest BCUT2D eigenvalue weighted by atomic mass is 16.6. The molecule has 180 valence electrons. The summed E-state index contributed by atoms with van der Waals surface area (Å²) < 4.78 is 27.3. The van der Waals surface area contributed by atoms with Gasteiger partial charge in [0.2, 0.25) is 5.88 Å². The summed E-state index contributed by atoms with van der Waals surface area (Å²) in [6, 6.07) is 17.7. The second-order valence-electron chi connectivity index (χ2n) is 7.48. The Labute approximate surface area is 202 Å². The zero-order valence-corrected chi connectivity index (χ0v) is 19.8. The molecule has 0 aliphatic rings. The molecular formula is C26H25N3O6. The zero-order chi connectivity index (χ0) is 24.8. The maximum Gasteiger partial charge on any atom is 0.412 e. The quantitative estimate of drug-likeness (QED) is 0.343. The summed E-state index contributed by atoms with van der Waals surface area (Å²) in [6.45, 7) is 1.80. The lowest BCUT2D eigenvalue weighted by molar-refractivity contribution is 0.121. The van der Waals surface area contributed by atoms with Crippen LogP contribution >= 0.6 is 0 Å². The summed E-state index contributed by atoms with van der Waals surface area (Å²) in [7, 11) is 4.72. The number of carbonyl (C=O) groups is 1. The molecule has 3 aromatic carbocycles. The van der Waals surface area contributed by atoms with Gasteiger partial charge in [0.25, 0.3) is 0 Å². The predicted molar refractivity (Wildman–Crippen MR) is 131 cm³/mol. The molecule has 4 rings (SSSR count). The number of nitrogens with zero attached hydrogens (tertiary/aromatic N) is 2. The van der Waals surface area contributed by atoms with Crippen molar-refractivity contribution in [1.82, 2.24) is 9.97 Å². The molecule has 9 nitrogen and oxygen atoms in total. The third-order valence-electron chi connectivity index (χ3n) is 5.29. The predicted octanol–water partition coefficient (Wildman–Crippen LogP) is 5.76. The van der Waals surface area contributed by atoms with E-state index in [9.17, 15) is 4.79 Å². The molecule has 1 atom stereocenters. The van der Waals surface area contributed by atoms with Gasteiger partial charge in [0, 0.05) is 11.8 Å². The van der Waals surface area contributed by atoms with E-state index in [1.807, 2.05) is 24.3 Å². The molecule has 0 bridgehead atoms. The van der Waals surface area contributed by atoms with E-state index in [1.54, 1.807) is 64.7 Å². The molecule has 0 saturated heterocycles. The second kappa shape index (κ2) is 10.6. The van der Waals surface area contributed by atoms with Crippen molar-refractivity contribution in [2.24, 2.45) is 0 Å². The lowest BCUT2D eigenvalue weighted by atomic mass is 10.1. The first-order valence-corrected chi connectivity index (χ1v) is 10.8. The van der Waals surface area contributed by atoms with Crippen LogP contribution in [-0.2, 0) is 4.74 Å². The van der Waals surface area contributed by atoms with Crippen molar-refractivity contribution >= 4 is 22.7 Å². The van der Waals surface area contributed by atoms with Crippen LogP contribution < -0.4 is 24.3 Å². The number of hydrogen-bond acceptors (Lipinski definition) is 8. The van der Waals surface area contributed by atoms with Crippen LogP contribution in [0.25, 0.3) is 10.9 Å². The van der Waals surface area contributed by atoms with Crippen molar-refractivity contribution in [3.05, 3.63) is 72.6 Å². The zero-order valence-electron chi connectivity index (χ0n) is 19.8. The van der Waals surface area contributed by atoms with Crippen LogP contribution in [0, 0.1) is 0 Å². The number of benzene rings is 3. The molecule has 1 aromatic heterocycles. The molecule has 0 radical (unpaired) electrons. The average Bonchev–Trinajstić information content (AvgIpc) is 2.89. The number of anilines is 1. The van der Waals surface area contributed by atoms with Crippen molar-refractivity contribution in [3.8, 4) is 28.9 Å². The molecule has 1 heterocycles. The highest BCUT2D eigenvalue weighted by Gasteiger charge is 2.14. The summed E-state index contributed by atoms with van der Waals surface area (Å²) in [5.74, 6) is 2.74. The van der Waals surface area contributed by atoms with Gasteiger partial charge in [0.1, 0.15) is 23.9 Å². The SMILES string of the molecule is COc1ccc(C(C)OC(=O)Nc2ccc(Oc3ncnc4cc(OC)c(OC)cc34)cc2)cc1. The van der Waals surface area contributed by atoms with E-state index in [4.69, 9.17) is 23.7 Å². The summed E-state index contributed by atoms with van der Waals surface area (Å²) >= 11 is 0. The standard InChI is InChI=1S/C26H25N3O6/c1-16(17-5-9-19(31-2)10-6-17)34-26(30)29-18-7-11-20(12-8-18)35-25-21-13-23(32-3)24(33-4)14-22(21)27-15-28-25/h5-16H,1-4H3,(H,29,30). The van der Waals surface area contributed by atoms with Gasteiger partial charge < -0.3 is 23.7 Å². The Balaban J connectivity index is 1.41. The van der Waals surface area contributed by atoms with E-state index in [-0.39, 0.29) is 0 Å². The second-order valence-corrected chi connectivity index (χ2v) is 7.48. The molecule has 1 amide bonds. The Morgan fingerprint density at radius 3 is 2.14 bits per heavy atom. The van der Waals surface area contributed by atoms with Gasteiger partial charge in [-0.2, -0.15) is 0 Å². The summed E-state index contributed by atoms with van der Waals surface area (Å²) in [5, 5.41) is 3.39. The van der Waals surface area contributed by atoms with Gasteiger partial charge in [-0.3, -0.25) is 5.32 Å². The Morgan fingerprint density at radius 2 is 1.49 bits per heavy atom. The van der Waals surface area contributed by atoms with Crippen molar-refractivity contribution in [2.45, 2.75) is 13.0 Å². The number of aromatic nitrogens is 2. The Kier molecular flexibility index (Phi) is 7.15. The van der Waals surface area contributed by atoms with Crippen LogP contribution in [0.5, 0.6) is 28.9 Å². The highest BCUT2D eigenvalue weighted by molar-refractivity contribution is 5.87. The molecule has 0 aliphatic heterocycles. The van der Waals surface area contributed by atoms with Crippen LogP contribution in [0.2, 0.25) is 0 Å². The molecule has 35 heavy (non-hydrogen) atoms. The number of carbonyl (C=O) groups excluding carboxylic acids is 1. The topological polar surface area (TPSA) is 101 Å². The fraction of sp³-hybridized carbons (Fsp3) is 0.192. The summed E-state index contributed by atoms with van der Waals surface area (Å²) in [4.78, 5) is 20.8. The number of ether oxygens (including phenoxy) is 5. The highest BCUT2D eigenvalue weighted by Crippen LogP contribution is 2.35. The summed E-state index contributed by atoms with van der Waals surface area (Å²) in [6.07, 6.45) is 0.425. The van der Waals surface area contributed by atoms with Gasteiger partial charge in [-0.15, -0.1) is 0 Å². The maximum absolute atomic E-state index is 12.3. The van der Waals surface area contributed by atoms with Crippen molar-refractivity contribution in [3.63, 3.8) is 0 Å². The first-order chi connectivity index (χ1) is 17.0. The average molecular weight is 476 g/mol. The van der Waals surface area contributed by atoms with E-state index < -0.39 is 12.2 Å². The molecule has 9 heteroatoms. The molecule has 0 saturated carbocycles. The fourth-order valence-corrected chi connectivity index (χ4v) is 3.41. The van der Waals surface area contributed by atoms with Gasteiger partial charge >= 0.3 is 6.09 Å². The lowest BCUT2D eigenvalue weighted by Gasteiger charge is -2.15. The third-order valence-corrected chi connectivity index (χ3v) is 5.29.